The van der Waals surface area contributed by atoms with E-state index in [4.69, 9.17) is 1.37 Å². The molecular weight excluding hydrogens is 530 g/mol. The topological polar surface area (TPSA) is 120 Å². The van der Waals surface area contributed by atoms with E-state index in [1.807, 2.05) is 17.2 Å². The molecular formula is C26H23F4N9O. The molecule has 2 saturated heterocycles. The van der Waals surface area contributed by atoms with Gasteiger partial charge in [-0.1, -0.05) is 0 Å². The molecule has 2 aliphatic heterocycles. The number of piperidine rings is 1. The Labute approximate surface area is 226 Å². The third-order valence-electron chi connectivity index (χ3n) is 7.54. The average Bonchev–Trinajstić information content (AvgIpc) is 3.60. The highest BCUT2D eigenvalue weighted by Gasteiger charge is 2.48. The Morgan fingerprint density at radius 2 is 2.00 bits per heavy atom. The molecule has 2 fully saturated rings. The fourth-order valence-electron chi connectivity index (χ4n) is 5.44. The molecule has 6 rings (SSSR count). The van der Waals surface area contributed by atoms with Crippen LogP contribution >= 0.6 is 0 Å². The summed E-state index contributed by atoms with van der Waals surface area (Å²) in [6, 6.07) is 3.97. The van der Waals surface area contributed by atoms with Crippen LogP contribution in [0.1, 0.15) is 36.7 Å². The number of rotatable bonds is 5. The summed E-state index contributed by atoms with van der Waals surface area (Å²) in [7, 11) is 0. The highest BCUT2D eigenvalue weighted by molar-refractivity contribution is 5.94. The normalized spacial score (nSPS) is 19.2. The number of fused-ring (bicyclic) bond motifs is 1. The molecule has 14 heteroatoms. The van der Waals surface area contributed by atoms with Crippen LogP contribution in [0.5, 0.6) is 0 Å². The summed E-state index contributed by atoms with van der Waals surface area (Å²) < 4.78 is 64.5. The van der Waals surface area contributed by atoms with Crippen molar-refractivity contribution in [3.8, 4) is 17.3 Å². The molecule has 0 bridgehead atoms. The van der Waals surface area contributed by atoms with Gasteiger partial charge in [-0.2, -0.15) is 23.5 Å². The van der Waals surface area contributed by atoms with Crippen LogP contribution < -0.4 is 0 Å². The number of hydrogen-bond donors (Lipinski definition) is 1. The number of halogens is 4. The quantitative estimate of drug-likeness (QED) is 0.375. The minimum absolute atomic E-state index is 0.0689. The molecule has 1 N–H and O–H groups in total. The van der Waals surface area contributed by atoms with Crippen molar-refractivity contribution in [2.24, 2.45) is 0 Å². The van der Waals surface area contributed by atoms with Crippen LogP contribution in [0.15, 0.2) is 43.2 Å². The number of hydrogen-bond acceptors (Lipinski definition) is 7. The number of alkyl halides is 3. The van der Waals surface area contributed by atoms with Crippen molar-refractivity contribution < 1.29 is 23.7 Å². The maximum atomic E-state index is 14.5. The number of carbonyl (C=O) groups excluding carboxylic acids is 1. The van der Waals surface area contributed by atoms with Crippen molar-refractivity contribution in [2.75, 3.05) is 26.2 Å². The molecule has 206 valence electrons. The molecule has 0 saturated carbocycles. The summed E-state index contributed by atoms with van der Waals surface area (Å²) in [5.74, 6) is -2.57. The molecule has 0 radical (unpaired) electrons. The highest BCUT2D eigenvalue weighted by atomic mass is 19.4. The number of H-pyrrole nitrogens is 1. The number of aromatic nitrogens is 6. The van der Waals surface area contributed by atoms with Crippen molar-refractivity contribution in [1.29, 1.82) is 5.26 Å². The average molecular weight is 555 g/mol. The van der Waals surface area contributed by atoms with Crippen LogP contribution in [0.3, 0.4) is 0 Å². The van der Waals surface area contributed by atoms with E-state index >= 15 is 0 Å². The number of aromatic amines is 1. The Balaban J connectivity index is 1.15. The van der Waals surface area contributed by atoms with E-state index in [1.165, 1.54) is 11.2 Å². The summed E-state index contributed by atoms with van der Waals surface area (Å²) in [6.07, 6.45) is 3.06. The summed E-state index contributed by atoms with van der Waals surface area (Å²) in [5, 5.41) is 15.0. The van der Waals surface area contributed by atoms with Gasteiger partial charge in [0.1, 0.15) is 17.5 Å². The van der Waals surface area contributed by atoms with Gasteiger partial charge in [0.2, 0.25) is 0 Å². The van der Waals surface area contributed by atoms with Gasteiger partial charge in [-0.05, 0) is 25.0 Å². The van der Waals surface area contributed by atoms with Crippen molar-refractivity contribution in [3.63, 3.8) is 0 Å². The lowest BCUT2D eigenvalue weighted by Gasteiger charge is -2.53. The number of pyridine rings is 1. The summed E-state index contributed by atoms with van der Waals surface area (Å²) in [6.45, 7) is 0.881. The molecule has 0 aliphatic carbocycles. The van der Waals surface area contributed by atoms with Gasteiger partial charge in [0.25, 0.3) is 5.91 Å². The van der Waals surface area contributed by atoms with Crippen LogP contribution in [0.4, 0.5) is 17.6 Å². The third kappa shape index (κ3) is 4.36. The summed E-state index contributed by atoms with van der Waals surface area (Å²) in [4.78, 5) is 30.7. The lowest BCUT2D eigenvalue weighted by molar-refractivity contribution is -0.143. The number of likely N-dealkylation sites (tertiary alicyclic amines) is 2. The molecule has 0 spiro atoms. The van der Waals surface area contributed by atoms with E-state index in [1.54, 1.807) is 17.1 Å². The second kappa shape index (κ2) is 9.67. The Kier molecular flexibility index (Phi) is 5.96. The van der Waals surface area contributed by atoms with Gasteiger partial charge in [0, 0.05) is 63.1 Å². The predicted molar refractivity (Wildman–Crippen MR) is 133 cm³/mol. The molecule has 6 heterocycles. The van der Waals surface area contributed by atoms with Crippen molar-refractivity contribution in [3.05, 3.63) is 60.3 Å². The minimum Gasteiger partial charge on any atom is -0.346 e. The first-order valence-electron chi connectivity index (χ1n) is 13.0. The van der Waals surface area contributed by atoms with Crippen LogP contribution in [0.25, 0.3) is 22.3 Å². The first kappa shape index (κ1) is 24.6. The Bertz CT molecular complexity index is 1660. The fraction of sp³-hybridized carbons (Fsp3) is 0.385. The van der Waals surface area contributed by atoms with Gasteiger partial charge in [0.05, 0.1) is 29.9 Å². The Hall–Kier alpha value is -4.38. The van der Waals surface area contributed by atoms with Gasteiger partial charge < -0.3 is 9.88 Å². The monoisotopic (exact) mass is 554 g/mol. The summed E-state index contributed by atoms with van der Waals surface area (Å²) in [5.41, 5.74) is -0.935. The molecule has 10 nitrogen and oxygen atoms in total. The SMILES string of the molecule is [2H]C1(N2CC(CC#N)(n3cc(-c4ncnc5[nH]ccc45)cn3)C2)CCN(C(=O)c2ccnc(C(F)(F)F)c2F)CC1. The molecule has 4 aromatic rings. The predicted octanol–water partition coefficient (Wildman–Crippen LogP) is 3.60. The molecule has 0 atom stereocenters. The van der Waals surface area contributed by atoms with E-state index in [0.29, 0.717) is 24.4 Å². The van der Waals surface area contributed by atoms with E-state index in [2.05, 4.69) is 31.1 Å². The highest BCUT2D eigenvalue weighted by Crippen LogP contribution is 2.37. The lowest BCUT2D eigenvalue weighted by atomic mass is 9.83. The third-order valence-corrected chi connectivity index (χ3v) is 7.54. The molecule has 0 unspecified atom stereocenters. The fourth-order valence-corrected chi connectivity index (χ4v) is 5.44. The van der Waals surface area contributed by atoms with Crippen molar-refractivity contribution in [2.45, 2.75) is 37.0 Å². The zero-order chi connectivity index (χ0) is 29.0. The van der Waals surface area contributed by atoms with Crippen LogP contribution in [-0.2, 0) is 11.7 Å². The molecule has 2 aliphatic rings. The zero-order valence-corrected chi connectivity index (χ0v) is 21.0. The van der Waals surface area contributed by atoms with Gasteiger partial charge in [-0.3, -0.25) is 14.4 Å². The first-order chi connectivity index (χ1) is 19.5. The largest absolute Gasteiger partial charge is 0.436 e. The first-order valence-corrected chi connectivity index (χ1v) is 12.5. The molecule has 0 aromatic carbocycles. The Morgan fingerprint density at radius 3 is 2.73 bits per heavy atom. The standard InChI is InChI=1S/C26H23F4N9O/c27-20-18(1-7-32-22(20)26(28,29)30)24(40)37-9-3-17(4-10-37)38-13-25(14-38,5-6-31)39-12-16(11-36-39)21-19-2-8-33-23(19)35-15-34-21/h1-2,7-8,11-12,15,17H,3-5,9-10,13-14H2,(H,33,34,35)/i17D. The van der Waals surface area contributed by atoms with Gasteiger partial charge in [0.15, 0.2) is 11.5 Å². The van der Waals surface area contributed by atoms with Crippen LogP contribution in [0.2, 0.25) is 0 Å². The smallest absolute Gasteiger partial charge is 0.346 e. The number of nitriles is 1. The zero-order valence-electron chi connectivity index (χ0n) is 22.0. The van der Waals surface area contributed by atoms with E-state index in [-0.39, 0.29) is 32.4 Å². The summed E-state index contributed by atoms with van der Waals surface area (Å²) >= 11 is 0. The second-order valence-electron chi connectivity index (χ2n) is 9.93. The number of nitrogens with one attached hydrogen (secondary N) is 1. The van der Waals surface area contributed by atoms with E-state index in [0.717, 1.165) is 23.2 Å². The lowest BCUT2D eigenvalue weighted by Crippen LogP contribution is -2.66. The van der Waals surface area contributed by atoms with Crippen molar-refractivity contribution >= 4 is 16.9 Å². The van der Waals surface area contributed by atoms with E-state index < -0.39 is 40.7 Å². The molecule has 40 heavy (non-hydrogen) atoms. The molecule has 1 amide bonds. The molecule has 4 aromatic heterocycles. The number of nitrogens with zero attached hydrogens (tertiary/aromatic N) is 8. The maximum Gasteiger partial charge on any atom is 0.436 e. The van der Waals surface area contributed by atoms with Crippen LogP contribution in [0, 0.1) is 17.1 Å². The van der Waals surface area contributed by atoms with Gasteiger partial charge in [-0.15, -0.1) is 0 Å². The maximum absolute atomic E-state index is 14.5. The van der Waals surface area contributed by atoms with Crippen LogP contribution in [-0.4, -0.2) is 77.6 Å². The number of amides is 1. The van der Waals surface area contributed by atoms with Gasteiger partial charge >= 0.3 is 6.18 Å². The Morgan fingerprint density at radius 1 is 1.23 bits per heavy atom. The minimum atomic E-state index is -5.02. The van der Waals surface area contributed by atoms with E-state index in [9.17, 15) is 27.6 Å². The number of carbonyl (C=O) groups is 1. The van der Waals surface area contributed by atoms with Crippen molar-refractivity contribution in [1.82, 2.24) is 39.5 Å². The second-order valence-corrected chi connectivity index (χ2v) is 9.93. The van der Waals surface area contributed by atoms with Gasteiger partial charge in [-0.25, -0.2) is 19.3 Å².